The molecular formula is C19H23F3N3O6P. The maximum Gasteiger partial charge on any atom is 0.469 e. The number of nitrogens with zero attached hydrogens (tertiary/aromatic N) is 3. The molecule has 1 aromatic carbocycles. The van der Waals surface area contributed by atoms with Crippen LogP contribution in [0.25, 0.3) is 0 Å². The third-order valence-corrected chi connectivity index (χ3v) is 5.79. The highest BCUT2D eigenvalue weighted by atomic mass is 31.2. The summed E-state index contributed by atoms with van der Waals surface area (Å²) in [5.41, 5.74) is 0.0451. The standard InChI is InChI=1S/C19H23F3N3O6P/c1-2-16-23-24-17(31-16)15(11-30-32(27,28)29)18(26)25-9-7-13(8-10-25)12-3-5-14(6-4-12)19(20,21)22/h3-6,13,15H,2,7-11H2,1H3,(H2,27,28,29). The van der Waals surface area contributed by atoms with Crippen molar-refractivity contribution in [2.75, 3.05) is 19.7 Å². The van der Waals surface area contributed by atoms with Gasteiger partial charge in [-0.15, -0.1) is 10.2 Å². The second-order valence-corrected chi connectivity index (χ2v) is 8.69. The fourth-order valence-electron chi connectivity index (χ4n) is 3.57. The number of aromatic nitrogens is 2. The molecule has 1 aliphatic heterocycles. The second-order valence-electron chi connectivity index (χ2n) is 7.45. The van der Waals surface area contributed by atoms with Gasteiger partial charge in [-0.3, -0.25) is 9.32 Å². The fraction of sp³-hybridized carbons (Fsp3) is 0.526. The molecule has 1 amide bonds. The van der Waals surface area contributed by atoms with Crippen molar-refractivity contribution >= 4 is 13.7 Å². The largest absolute Gasteiger partial charge is 0.469 e. The Morgan fingerprint density at radius 2 is 1.88 bits per heavy atom. The van der Waals surface area contributed by atoms with Crippen LogP contribution in [0.1, 0.15) is 54.5 Å². The lowest BCUT2D eigenvalue weighted by molar-refractivity contribution is -0.138. The van der Waals surface area contributed by atoms with Gasteiger partial charge in [-0.2, -0.15) is 13.2 Å². The molecule has 1 aliphatic rings. The zero-order chi connectivity index (χ0) is 23.5. The molecule has 1 atom stereocenters. The van der Waals surface area contributed by atoms with Crippen LogP contribution in [0.4, 0.5) is 13.2 Å². The summed E-state index contributed by atoms with van der Waals surface area (Å²) in [5.74, 6) is -1.49. The van der Waals surface area contributed by atoms with Crippen LogP contribution in [-0.4, -0.2) is 50.5 Å². The highest BCUT2D eigenvalue weighted by Gasteiger charge is 2.35. The number of phosphoric acid groups is 1. The van der Waals surface area contributed by atoms with Crippen LogP contribution in [0.5, 0.6) is 0 Å². The molecule has 1 unspecified atom stereocenters. The number of carbonyl (C=O) groups excluding carboxylic acids is 1. The lowest BCUT2D eigenvalue weighted by atomic mass is 9.88. The molecule has 2 N–H and O–H groups in total. The average Bonchev–Trinajstić information content (AvgIpc) is 3.21. The smallest absolute Gasteiger partial charge is 0.424 e. The van der Waals surface area contributed by atoms with Crippen LogP contribution in [0.2, 0.25) is 0 Å². The van der Waals surface area contributed by atoms with Crippen molar-refractivity contribution in [2.24, 2.45) is 0 Å². The molecule has 0 bridgehead atoms. The highest BCUT2D eigenvalue weighted by Crippen LogP contribution is 2.38. The number of alkyl halides is 3. The van der Waals surface area contributed by atoms with E-state index in [4.69, 9.17) is 14.2 Å². The minimum atomic E-state index is -4.83. The molecule has 9 nitrogen and oxygen atoms in total. The van der Waals surface area contributed by atoms with E-state index in [1.54, 1.807) is 6.92 Å². The maximum absolute atomic E-state index is 13.1. The first kappa shape index (κ1) is 24.4. The number of aryl methyl sites for hydroxylation is 1. The van der Waals surface area contributed by atoms with Crippen LogP contribution in [0.3, 0.4) is 0 Å². The van der Waals surface area contributed by atoms with E-state index >= 15 is 0 Å². The molecule has 2 heterocycles. The van der Waals surface area contributed by atoms with Gasteiger partial charge in [0.15, 0.2) is 0 Å². The quantitative estimate of drug-likeness (QED) is 0.582. The van der Waals surface area contributed by atoms with Crippen molar-refractivity contribution in [1.82, 2.24) is 15.1 Å². The first-order chi connectivity index (χ1) is 15.0. The van der Waals surface area contributed by atoms with Gasteiger partial charge in [-0.05, 0) is 36.5 Å². The Bertz CT molecular complexity index is 967. The fourth-order valence-corrected chi connectivity index (χ4v) is 3.91. The van der Waals surface area contributed by atoms with Gasteiger partial charge >= 0.3 is 14.0 Å². The Kier molecular flexibility index (Phi) is 7.39. The van der Waals surface area contributed by atoms with E-state index < -0.39 is 38.0 Å². The predicted molar refractivity (Wildman–Crippen MR) is 104 cm³/mol. The molecule has 32 heavy (non-hydrogen) atoms. The van der Waals surface area contributed by atoms with Gasteiger partial charge in [0.25, 0.3) is 0 Å². The maximum atomic E-state index is 13.1. The summed E-state index contributed by atoms with van der Waals surface area (Å²) >= 11 is 0. The topological polar surface area (TPSA) is 126 Å². The van der Waals surface area contributed by atoms with Gasteiger partial charge in [0.2, 0.25) is 17.7 Å². The van der Waals surface area contributed by atoms with E-state index in [0.717, 1.165) is 17.7 Å². The highest BCUT2D eigenvalue weighted by molar-refractivity contribution is 7.46. The summed E-state index contributed by atoms with van der Waals surface area (Å²) in [6.07, 6.45) is -2.93. The Morgan fingerprint density at radius 3 is 2.38 bits per heavy atom. The van der Waals surface area contributed by atoms with Gasteiger partial charge in [-0.25, -0.2) is 4.57 Å². The number of amides is 1. The number of likely N-dealkylation sites (tertiary alicyclic amines) is 1. The summed E-state index contributed by atoms with van der Waals surface area (Å²) in [5, 5.41) is 7.59. The third-order valence-electron chi connectivity index (χ3n) is 5.31. The number of phosphoric ester groups is 1. The molecule has 176 valence electrons. The lowest BCUT2D eigenvalue weighted by Crippen LogP contribution is -2.41. The molecule has 1 fully saturated rings. The summed E-state index contributed by atoms with van der Waals surface area (Å²) in [6.45, 7) is 1.76. The number of rotatable bonds is 7. The van der Waals surface area contributed by atoms with E-state index in [9.17, 15) is 22.5 Å². The molecule has 0 radical (unpaired) electrons. The normalized spacial score (nSPS) is 16.9. The molecular weight excluding hydrogens is 454 g/mol. The van der Waals surface area contributed by atoms with Crippen molar-refractivity contribution < 1.29 is 41.3 Å². The van der Waals surface area contributed by atoms with Crippen LogP contribution in [-0.2, 0) is 26.5 Å². The number of benzene rings is 1. The summed E-state index contributed by atoms with van der Waals surface area (Å²) in [4.78, 5) is 32.6. The van der Waals surface area contributed by atoms with E-state index in [0.29, 0.717) is 32.4 Å². The second kappa shape index (κ2) is 9.70. The van der Waals surface area contributed by atoms with Crippen LogP contribution < -0.4 is 0 Å². The summed E-state index contributed by atoms with van der Waals surface area (Å²) in [6, 6.07) is 4.99. The van der Waals surface area contributed by atoms with Crippen molar-refractivity contribution in [3.8, 4) is 0 Å². The lowest BCUT2D eigenvalue weighted by Gasteiger charge is -2.34. The Labute approximate surface area is 181 Å². The van der Waals surface area contributed by atoms with Gasteiger partial charge in [0.1, 0.15) is 5.92 Å². The molecule has 13 heteroatoms. The zero-order valence-electron chi connectivity index (χ0n) is 17.2. The van der Waals surface area contributed by atoms with Crippen molar-refractivity contribution in [1.29, 1.82) is 0 Å². The average molecular weight is 477 g/mol. The summed E-state index contributed by atoms with van der Waals surface area (Å²) in [7, 11) is -4.83. The number of halogens is 3. The number of piperidine rings is 1. The van der Waals surface area contributed by atoms with Crippen LogP contribution in [0, 0.1) is 0 Å². The van der Waals surface area contributed by atoms with E-state index in [2.05, 4.69) is 14.7 Å². The first-order valence-electron chi connectivity index (χ1n) is 9.96. The minimum Gasteiger partial charge on any atom is -0.424 e. The number of hydrogen-bond acceptors (Lipinski definition) is 6. The molecule has 1 aromatic heterocycles. The third kappa shape index (κ3) is 6.16. The van der Waals surface area contributed by atoms with Crippen molar-refractivity contribution in [3.63, 3.8) is 0 Å². The Morgan fingerprint density at radius 1 is 1.25 bits per heavy atom. The molecule has 0 saturated carbocycles. The van der Waals surface area contributed by atoms with E-state index in [-0.39, 0.29) is 17.7 Å². The predicted octanol–water partition coefficient (Wildman–Crippen LogP) is 3.25. The summed E-state index contributed by atoms with van der Waals surface area (Å²) < 4.78 is 59.3. The molecule has 2 aromatic rings. The van der Waals surface area contributed by atoms with E-state index in [1.165, 1.54) is 17.0 Å². The van der Waals surface area contributed by atoms with Gasteiger partial charge in [-0.1, -0.05) is 19.1 Å². The Balaban J connectivity index is 1.67. The first-order valence-corrected chi connectivity index (χ1v) is 11.5. The van der Waals surface area contributed by atoms with Gasteiger partial charge in [0.05, 0.1) is 12.2 Å². The monoisotopic (exact) mass is 477 g/mol. The van der Waals surface area contributed by atoms with Gasteiger partial charge < -0.3 is 19.1 Å². The number of carbonyl (C=O) groups is 1. The van der Waals surface area contributed by atoms with Crippen molar-refractivity contribution in [3.05, 3.63) is 47.2 Å². The zero-order valence-corrected chi connectivity index (χ0v) is 18.1. The van der Waals surface area contributed by atoms with Crippen LogP contribution >= 0.6 is 7.82 Å². The van der Waals surface area contributed by atoms with Crippen molar-refractivity contribution in [2.45, 2.75) is 44.2 Å². The molecule has 1 saturated heterocycles. The molecule has 3 rings (SSSR count). The SMILES string of the molecule is CCc1nnc(C(COP(=O)(O)O)C(=O)N2CCC(c3ccc(C(F)(F)F)cc3)CC2)o1. The van der Waals surface area contributed by atoms with Gasteiger partial charge in [0, 0.05) is 19.5 Å². The molecule has 0 spiro atoms. The Hall–Kier alpha value is -2.27. The number of hydrogen-bond donors (Lipinski definition) is 2. The van der Waals surface area contributed by atoms with Crippen LogP contribution in [0.15, 0.2) is 28.7 Å². The van der Waals surface area contributed by atoms with E-state index in [1.807, 2.05) is 0 Å². The minimum absolute atomic E-state index is 0.0127. The molecule has 0 aliphatic carbocycles.